The predicted octanol–water partition coefficient (Wildman–Crippen LogP) is 3.05. The largest absolute Gasteiger partial charge is 0.372 e. The van der Waals surface area contributed by atoms with Gasteiger partial charge < -0.3 is 10.5 Å². The number of nitrogens with zero attached hydrogens (tertiary/aromatic N) is 2. The van der Waals surface area contributed by atoms with Crippen molar-refractivity contribution in [3.63, 3.8) is 0 Å². The van der Waals surface area contributed by atoms with E-state index in [4.69, 9.17) is 10.5 Å². The fraction of sp³-hybridized carbons (Fsp3) is 0.263. The van der Waals surface area contributed by atoms with Gasteiger partial charge in [0, 0.05) is 19.2 Å². The van der Waals surface area contributed by atoms with Gasteiger partial charge in [-0.1, -0.05) is 42.1 Å². The van der Waals surface area contributed by atoms with Gasteiger partial charge in [0.25, 0.3) is 5.91 Å². The molecule has 142 valence electrons. The first kappa shape index (κ1) is 19.5. The van der Waals surface area contributed by atoms with Gasteiger partial charge in [0.15, 0.2) is 4.87 Å². The average molecular weight is 391 g/mol. The van der Waals surface area contributed by atoms with E-state index < -0.39 is 28.5 Å². The van der Waals surface area contributed by atoms with Crippen LogP contribution in [0.15, 0.2) is 53.6 Å². The summed E-state index contributed by atoms with van der Waals surface area (Å²) in [5.74, 6) is -1.65. The van der Waals surface area contributed by atoms with Crippen LogP contribution >= 0.6 is 11.8 Å². The number of hydrazone groups is 1. The zero-order chi connectivity index (χ0) is 19.6. The molecule has 8 heteroatoms. The Bertz CT molecular complexity index is 879. The van der Waals surface area contributed by atoms with Crippen LogP contribution in [-0.4, -0.2) is 35.7 Å². The van der Waals surface area contributed by atoms with Gasteiger partial charge >= 0.3 is 0 Å². The third kappa shape index (κ3) is 3.47. The summed E-state index contributed by atoms with van der Waals surface area (Å²) in [7, 11) is 1.41. The van der Waals surface area contributed by atoms with Crippen LogP contribution in [0.25, 0.3) is 0 Å². The Morgan fingerprint density at radius 1 is 1.30 bits per heavy atom. The van der Waals surface area contributed by atoms with Gasteiger partial charge in [-0.25, -0.2) is 13.8 Å². The summed E-state index contributed by atoms with van der Waals surface area (Å²) in [4.78, 5) is 11.8. The number of rotatable bonds is 5. The second-order valence-electron chi connectivity index (χ2n) is 6.01. The van der Waals surface area contributed by atoms with Gasteiger partial charge in [0.05, 0.1) is 0 Å². The number of hydrogen-bond donors (Lipinski definition) is 1. The maximum absolute atomic E-state index is 14.3. The molecule has 0 aliphatic carbocycles. The van der Waals surface area contributed by atoms with E-state index in [9.17, 15) is 13.6 Å². The fourth-order valence-corrected chi connectivity index (χ4v) is 4.05. The zero-order valence-electron chi connectivity index (χ0n) is 14.9. The standard InChI is InChI=1S/C19H19F2N3O2S/c1-12(26-2)18(25)24-19(11-22,13-6-4-3-5-7-13)27-17(23-24)15-10-14(20)8-9-16(15)21/h3-10,12H,11,22H2,1-2H3/t12-,19?/m0/s1. The lowest BCUT2D eigenvalue weighted by atomic mass is 10.1. The summed E-state index contributed by atoms with van der Waals surface area (Å²) in [5.41, 5.74) is 6.79. The van der Waals surface area contributed by atoms with Gasteiger partial charge in [-0.2, -0.15) is 5.10 Å². The molecule has 2 N–H and O–H groups in total. The molecule has 0 aromatic heterocycles. The highest BCUT2D eigenvalue weighted by atomic mass is 32.2. The van der Waals surface area contributed by atoms with Crippen molar-refractivity contribution in [2.24, 2.45) is 10.8 Å². The van der Waals surface area contributed by atoms with E-state index in [-0.39, 0.29) is 17.2 Å². The number of carbonyl (C=O) groups is 1. The van der Waals surface area contributed by atoms with Crippen LogP contribution in [-0.2, 0) is 14.4 Å². The molecule has 3 rings (SSSR count). The van der Waals surface area contributed by atoms with Crippen molar-refractivity contribution >= 4 is 22.7 Å². The van der Waals surface area contributed by atoms with Gasteiger partial charge in [-0.3, -0.25) is 4.79 Å². The Labute approximate surface area is 160 Å². The van der Waals surface area contributed by atoms with Crippen molar-refractivity contribution < 1.29 is 18.3 Å². The minimum absolute atomic E-state index is 0.0193. The molecule has 5 nitrogen and oxygen atoms in total. The minimum Gasteiger partial charge on any atom is -0.372 e. The fourth-order valence-electron chi connectivity index (χ4n) is 2.79. The van der Waals surface area contributed by atoms with Gasteiger partial charge in [-0.05, 0) is 30.7 Å². The number of ether oxygens (including phenoxy) is 1. The van der Waals surface area contributed by atoms with Crippen LogP contribution in [0.5, 0.6) is 0 Å². The first-order valence-corrected chi connectivity index (χ1v) is 9.10. The highest BCUT2D eigenvalue weighted by Crippen LogP contribution is 2.47. The lowest BCUT2D eigenvalue weighted by molar-refractivity contribution is -0.144. The summed E-state index contributed by atoms with van der Waals surface area (Å²) < 4.78 is 33.1. The zero-order valence-corrected chi connectivity index (χ0v) is 15.7. The van der Waals surface area contributed by atoms with Gasteiger partial charge in [-0.15, -0.1) is 0 Å². The van der Waals surface area contributed by atoms with Crippen LogP contribution in [0.4, 0.5) is 8.78 Å². The Hall–Kier alpha value is -2.29. The Balaban J connectivity index is 2.14. The van der Waals surface area contributed by atoms with Crippen LogP contribution in [0, 0.1) is 11.6 Å². The predicted molar refractivity (Wildman–Crippen MR) is 101 cm³/mol. The lowest BCUT2D eigenvalue weighted by Crippen LogP contribution is -2.49. The molecule has 1 amide bonds. The van der Waals surface area contributed by atoms with Crippen molar-refractivity contribution in [3.05, 3.63) is 71.3 Å². The molecule has 2 atom stereocenters. The molecule has 1 aliphatic heterocycles. The van der Waals surface area contributed by atoms with Crippen LogP contribution in [0.1, 0.15) is 18.1 Å². The lowest BCUT2D eigenvalue weighted by Gasteiger charge is -2.35. The summed E-state index contributed by atoms with van der Waals surface area (Å²) in [6.07, 6.45) is -0.777. The molecule has 1 heterocycles. The SMILES string of the molecule is CO[C@@H](C)C(=O)N1N=C(c2cc(F)ccc2F)SC1(CN)c1ccccc1. The molecule has 2 aromatic rings. The molecule has 0 saturated heterocycles. The summed E-state index contributed by atoms with van der Waals surface area (Å²) in [5, 5.41) is 5.73. The average Bonchev–Trinajstić information content (AvgIpc) is 3.10. The second kappa shape index (κ2) is 7.75. The summed E-state index contributed by atoms with van der Waals surface area (Å²) in [6.45, 7) is 1.61. The molecular weight excluding hydrogens is 372 g/mol. The molecule has 2 aromatic carbocycles. The van der Waals surface area contributed by atoms with E-state index in [1.807, 2.05) is 30.3 Å². The second-order valence-corrected chi connectivity index (χ2v) is 7.28. The van der Waals surface area contributed by atoms with E-state index in [2.05, 4.69) is 5.10 Å². The van der Waals surface area contributed by atoms with Crippen molar-refractivity contribution in [2.45, 2.75) is 17.9 Å². The smallest absolute Gasteiger partial charge is 0.273 e. The highest BCUT2D eigenvalue weighted by molar-refractivity contribution is 8.15. The molecule has 1 unspecified atom stereocenters. The number of benzene rings is 2. The van der Waals surface area contributed by atoms with Crippen molar-refractivity contribution in [3.8, 4) is 0 Å². The van der Waals surface area contributed by atoms with Crippen molar-refractivity contribution in [2.75, 3.05) is 13.7 Å². The number of halogens is 2. The van der Waals surface area contributed by atoms with Crippen LogP contribution in [0.3, 0.4) is 0 Å². The number of carbonyl (C=O) groups excluding carboxylic acids is 1. The van der Waals surface area contributed by atoms with Gasteiger partial charge in [0.2, 0.25) is 0 Å². The van der Waals surface area contributed by atoms with E-state index in [0.717, 1.165) is 35.5 Å². The topological polar surface area (TPSA) is 67.9 Å². The summed E-state index contributed by atoms with van der Waals surface area (Å²) >= 11 is 1.12. The number of methoxy groups -OCH3 is 1. The normalized spacial score (nSPS) is 20.5. The molecule has 0 bridgehead atoms. The quantitative estimate of drug-likeness (QED) is 0.851. The molecular formula is C19H19F2N3O2S. The monoisotopic (exact) mass is 391 g/mol. The minimum atomic E-state index is -1.08. The number of amides is 1. The van der Waals surface area contributed by atoms with Crippen LogP contribution < -0.4 is 5.73 Å². The first-order chi connectivity index (χ1) is 12.9. The molecule has 0 spiro atoms. The van der Waals surface area contributed by atoms with Crippen LogP contribution in [0.2, 0.25) is 0 Å². The number of thioether (sulfide) groups is 1. The number of nitrogens with two attached hydrogens (primary N) is 1. The molecule has 0 fully saturated rings. The Morgan fingerprint density at radius 2 is 2.00 bits per heavy atom. The van der Waals surface area contributed by atoms with Crippen molar-refractivity contribution in [1.29, 1.82) is 0 Å². The summed E-state index contributed by atoms with van der Waals surface area (Å²) in [6, 6.07) is 12.2. The van der Waals surface area contributed by atoms with Gasteiger partial charge in [0.1, 0.15) is 22.8 Å². The maximum atomic E-state index is 14.3. The molecule has 0 radical (unpaired) electrons. The third-order valence-electron chi connectivity index (χ3n) is 4.37. The third-order valence-corrected chi connectivity index (χ3v) is 5.78. The maximum Gasteiger partial charge on any atom is 0.273 e. The molecule has 0 saturated carbocycles. The highest BCUT2D eigenvalue weighted by Gasteiger charge is 2.49. The van der Waals surface area contributed by atoms with E-state index in [0.29, 0.717) is 0 Å². The Morgan fingerprint density at radius 3 is 2.63 bits per heavy atom. The van der Waals surface area contributed by atoms with Crippen molar-refractivity contribution in [1.82, 2.24) is 5.01 Å². The van der Waals surface area contributed by atoms with E-state index in [1.165, 1.54) is 12.1 Å². The Kier molecular flexibility index (Phi) is 5.59. The number of hydrogen-bond acceptors (Lipinski definition) is 5. The molecule has 1 aliphatic rings. The first-order valence-electron chi connectivity index (χ1n) is 8.28. The van der Waals surface area contributed by atoms with E-state index >= 15 is 0 Å². The van der Waals surface area contributed by atoms with E-state index in [1.54, 1.807) is 6.92 Å². The molecule has 27 heavy (non-hydrogen) atoms.